The van der Waals surface area contributed by atoms with Crippen LogP contribution in [0.15, 0.2) is 30.3 Å². The minimum Gasteiger partial charge on any atom is -0.298 e. The zero-order valence-corrected chi connectivity index (χ0v) is 21.0. The number of likely N-dealkylation sites (N-methyl/N-ethyl adjacent to an activating group) is 1. The number of carbonyl (C=O) groups is 2. The first-order valence-electron chi connectivity index (χ1n) is 11.2. The Labute approximate surface area is 185 Å². The number of hydrogen-bond donors (Lipinski definition) is 0. The lowest BCUT2D eigenvalue weighted by molar-refractivity contribution is -0.140. The molecule has 30 heavy (non-hydrogen) atoms. The van der Waals surface area contributed by atoms with E-state index in [1.807, 2.05) is 46.0 Å². The molecule has 0 heterocycles. The van der Waals surface area contributed by atoms with E-state index in [1.54, 1.807) is 0 Å². The van der Waals surface area contributed by atoms with Crippen LogP contribution in [0.2, 0.25) is 0 Å². The smallest absolute Gasteiger partial charge is 0.154 e. The van der Waals surface area contributed by atoms with Crippen molar-refractivity contribution in [3.8, 4) is 0 Å². The molecule has 1 aromatic carbocycles. The van der Waals surface area contributed by atoms with E-state index in [0.717, 1.165) is 5.56 Å². The second-order valence-electron chi connectivity index (χ2n) is 10.5. The maximum Gasteiger partial charge on any atom is 0.154 e. The molecular formula is C26H44N2O2. The summed E-state index contributed by atoms with van der Waals surface area (Å²) in [5.74, 6) is 0.828. The normalized spacial score (nSPS) is 13.4. The predicted octanol–water partition coefficient (Wildman–Crippen LogP) is 5.21. The van der Waals surface area contributed by atoms with Crippen molar-refractivity contribution in [1.82, 2.24) is 9.80 Å². The second kappa shape index (κ2) is 10.2. The Morgan fingerprint density at radius 1 is 0.933 bits per heavy atom. The summed E-state index contributed by atoms with van der Waals surface area (Å²) in [6.07, 6.45) is 0.501. The molecule has 0 fully saturated rings. The van der Waals surface area contributed by atoms with Crippen molar-refractivity contribution in [1.29, 1.82) is 0 Å². The first-order valence-corrected chi connectivity index (χ1v) is 11.2. The van der Waals surface area contributed by atoms with Gasteiger partial charge in [-0.1, -0.05) is 65.0 Å². The molecule has 0 aliphatic heterocycles. The molecule has 1 aromatic rings. The van der Waals surface area contributed by atoms with Crippen molar-refractivity contribution in [2.24, 2.45) is 11.3 Å². The van der Waals surface area contributed by atoms with E-state index in [4.69, 9.17) is 0 Å². The van der Waals surface area contributed by atoms with Gasteiger partial charge in [-0.2, -0.15) is 0 Å². The van der Waals surface area contributed by atoms with E-state index in [-0.39, 0.29) is 17.1 Å². The lowest BCUT2D eigenvalue weighted by Crippen LogP contribution is -2.60. The number of nitrogens with zero attached hydrogens (tertiary/aromatic N) is 2. The Balaban J connectivity index is 3.17. The minimum absolute atomic E-state index is 0.0716. The monoisotopic (exact) mass is 416 g/mol. The molecule has 170 valence electrons. The molecule has 0 atom stereocenters. The summed E-state index contributed by atoms with van der Waals surface area (Å²) in [7, 11) is 2.03. The Bertz CT molecular complexity index is 705. The molecule has 1 rings (SSSR count). The van der Waals surface area contributed by atoms with E-state index in [2.05, 4.69) is 63.5 Å². The van der Waals surface area contributed by atoms with Crippen LogP contribution in [-0.2, 0) is 16.1 Å². The summed E-state index contributed by atoms with van der Waals surface area (Å²) in [5.41, 5.74) is -0.0431. The number of hydrogen-bond acceptors (Lipinski definition) is 4. The largest absolute Gasteiger partial charge is 0.298 e. The van der Waals surface area contributed by atoms with Crippen LogP contribution in [0, 0.1) is 11.3 Å². The van der Waals surface area contributed by atoms with Crippen molar-refractivity contribution in [3.63, 3.8) is 0 Å². The van der Waals surface area contributed by atoms with Crippen LogP contribution in [0.4, 0.5) is 0 Å². The van der Waals surface area contributed by atoms with Crippen molar-refractivity contribution in [3.05, 3.63) is 35.9 Å². The summed E-state index contributed by atoms with van der Waals surface area (Å²) >= 11 is 0. The van der Waals surface area contributed by atoms with Gasteiger partial charge in [-0.25, -0.2) is 0 Å². The van der Waals surface area contributed by atoms with Gasteiger partial charge in [0.25, 0.3) is 0 Å². The fraction of sp³-hybridized carbons (Fsp3) is 0.692. The molecule has 0 aliphatic rings. The van der Waals surface area contributed by atoms with Crippen LogP contribution < -0.4 is 0 Å². The highest BCUT2D eigenvalue weighted by Crippen LogP contribution is 2.38. The first-order chi connectivity index (χ1) is 13.7. The third-order valence-corrected chi connectivity index (χ3v) is 7.77. The molecule has 0 bridgehead atoms. The van der Waals surface area contributed by atoms with E-state index in [9.17, 15) is 9.59 Å². The van der Waals surface area contributed by atoms with Gasteiger partial charge in [0.1, 0.15) is 5.78 Å². The summed E-state index contributed by atoms with van der Waals surface area (Å²) in [5, 5.41) is 0. The van der Waals surface area contributed by atoms with Gasteiger partial charge in [-0.05, 0) is 46.2 Å². The number of rotatable bonds is 12. The molecule has 0 amide bonds. The zero-order chi connectivity index (χ0) is 23.3. The van der Waals surface area contributed by atoms with Gasteiger partial charge < -0.3 is 0 Å². The SMILES string of the molecule is CCC(=O)CN(Cc1ccccc1)C(C)(C)C(C)(C)C(=O)CN(C)C(C)(C)C(C)C. The van der Waals surface area contributed by atoms with Crippen LogP contribution >= 0.6 is 0 Å². The fourth-order valence-corrected chi connectivity index (χ4v) is 3.37. The molecule has 0 N–H and O–H groups in total. The second-order valence-corrected chi connectivity index (χ2v) is 10.5. The van der Waals surface area contributed by atoms with E-state index in [0.29, 0.717) is 32.0 Å². The highest BCUT2D eigenvalue weighted by atomic mass is 16.1. The third kappa shape index (κ3) is 6.01. The predicted molar refractivity (Wildman–Crippen MR) is 127 cm³/mol. The molecule has 4 heteroatoms. The first kappa shape index (κ1) is 26.5. The van der Waals surface area contributed by atoms with Gasteiger partial charge in [-0.15, -0.1) is 0 Å². The van der Waals surface area contributed by atoms with Crippen LogP contribution in [0.1, 0.15) is 74.3 Å². The molecule has 0 spiro atoms. The highest BCUT2D eigenvalue weighted by molar-refractivity contribution is 5.87. The Kier molecular flexibility index (Phi) is 9.01. The maximum absolute atomic E-state index is 13.6. The molecule has 4 nitrogen and oxygen atoms in total. The zero-order valence-electron chi connectivity index (χ0n) is 21.0. The standard InChI is InChI=1S/C26H44N2O2/c1-11-22(29)18-28(17-21-15-13-12-14-16-21)26(8,9)24(4,5)23(30)19-27(10)25(6,7)20(2)3/h12-16,20H,11,17-19H2,1-10H3. The van der Waals surface area contributed by atoms with Gasteiger partial charge in [0.2, 0.25) is 0 Å². The van der Waals surface area contributed by atoms with Crippen molar-refractivity contribution >= 4 is 11.6 Å². The third-order valence-electron chi connectivity index (χ3n) is 7.77. The van der Waals surface area contributed by atoms with Gasteiger partial charge in [0.05, 0.1) is 13.1 Å². The highest BCUT2D eigenvalue weighted by Gasteiger charge is 2.47. The maximum atomic E-state index is 13.6. The number of benzene rings is 1. The Morgan fingerprint density at radius 3 is 1.93 bits per heavy atom. The van der Waals surface area contributed by atoms with Gasteiger partial charge in [0.15, 0.2) is 5.78 Å². The quantitative estimate of drug-likeness (QED) is 0.469. The van der Waals surface area contributed by atoms with Crippen LogP contribution in [-0.4, -0.2) is 52.6 Å². The lowest BCUT2D eigenvalue weighted by atomic mass is 9.69. The molecular weight excluding hydrogens is 372 g/mol. The van der Waals surface area contributed by atoms with Gasteiger partial charge in [-0.3, -0.25) is 19.4 Å². The van der Waals surface area contributed by atoms with Crippen molar-refractivity contribution in [2.45, 2.75) is 86.4 Å². The minimum atomic E-state index is -0.628. The molecule has 0 unspecified atom stereocenters. The average Bonchev–Trinajstić information content (AvgIpc) is 2.67. The van der Waals surface area contributed by atoms with Crippen LogP contribution in [0.3, 0.4) is 0 Å². The Morgan fingerprint density at radius 2 is 1.47 bits per heavy atom. The topological polar surface area (TPSA) is 40.6 Å². The molecule has 0 saturated heterocycles. The van der Waals surface area contributed by atoms with E-state index in [1.165, 1.54) is 0 Å². The van der Waals surface area contributed by atoms with Crippen LogP contribution in [0.25, 0.3) is 0 Å². The lowest BCUT2D eigenvalue weighted by Gasteiger charge is -2.49. The van der Waals surface area contributed by atoms with Gasteiger partial charge in [0, 0.05) is 29.5 Å². The Hall–Kier alpha value is -1.52. The van der Waals surface area contributed by atoms with E-state index >= 15 is 0 Å². The molecule has 0 aromatic heterocycles. The summed E-state index contributed by atoms with van der Waals surface area (Å²) in [6, 6.07) is 10.2. The number of ketones is 2. The molecule has 0 saturated carbocycles. The molecule has 0 radical (unpaired) electrons. The van der Waals surface area contributed by atoms with Crippen molar-refractivity contribution in [2.75, 3.05) is 20.1 Å². The number of Topliss-reactive ketones (excluding diaryl/α,β-unsaturated/α-hetero) is 2. The molecule has 0 aliphatic carbocycles. The van der Waals surface area contributed by atoms with Crippen LogP contribution in [0.5, 0.6) is 0 Å². The van der Waals surface area contributed by atoms with E-state index < -0.39 is 11.0 Å². The van der Waals surface area contributed by atoms with Gasteiger partial charge >= 0.3 is 0 Å². The van der Waals surface area contributed by atoms with Crippen molar-refractivity contribution < 1.29 is 9.59 Å². The number of carbonyl (C=O) groups excluding carboxylic acids is 2. The average molecular weight is 417 g/mol. The summed E-state index contributed by atoms with van der Waals surface area (Å²) in [6.45, 7) is 20.3. The summed E-state index contributed by atoms with van der Waals surface area (Å²) < 4.78 is 0. The summed E-state index contributed by atoms with van der Waals surface area (Å²) in [4.78, 5) is 30.3. The fourth-order valence-electron chi connectivity index (χ4n) is 3.37.